The van der Waals surface area contributed by atoms with Crippen molar-refractivity contribution in [2.24, 2.45) is 5.92 Å². The lowest BCUT2D eigenvalue weighted by atomic mass is 9.96. The first-order valence-electron chi connectivity index (χ1n) is 9.73. The van der Waals surface area contributed by atoms with Gasteiger partial charge in [0, 0.05) is 30.3 Å². The van der Waals surface area contributed by atoms with Crippen LogP contribution in [0, 0.1) is 12.8 Å². The number of anilines is 2. The Morgan fingerprint density at radius 3 is 2.55 bits per heavy atom. The van der Waals surface area contributed by atoms with Gasteiger partial charge in [-0.15, -0.1) is 0 Å². The zero-order valence-corrected chi connectivity index (χ0v) is 16.6. The van der Waals surface area contributed by atoms with Crippen molar-refractivity contribution in [2.75, 3.05) is 30.4 Å². The van der Waals surface area contributed by atoms with E-state index in [-0.39, 0.29) is 11.8 Å². The zero-order chi connectivity index (χ0) is 20.2. The normalized spacial score (nSPS) is 14.6. The van der Waals surface area contributed by atoms with E-state index in [9.17, 15) is 4.79 Å². The van der Waals surface area contributed by atoms with Gasteiger partial charge < -0.3 is 19.5 Å². The van der Waals surface area contributed by atoms with Gasteiger partial charge >= 0.3 is 6.01 Å². The van der Waals surface area contributed by atoms with Gasteiger partial charge in [-0.2, -0.15) is 4.98 Å². The summed E-state index contributed by atoms with van der Waals surface area (Å²) in [4.78, 5) is 19.2. The predicted molar refractivity (Wildman–Crippen MR) is 111 cm³/mol. The lowest BCUT2D eigenvalue weighted by Crippen LogP contribution is -2.38. The molecule has 7 nitrogen and oxygen atoms in total. The Balaban J connectivity index is 1.35. The van der Waals surface area contributed by atoms with Crippen LogP contribution in [0.4, 0.5) is 11.7 Å². The summed E-state index contributed by atoms with van der Waals surface area (Å²) in [6.45, 7) is 3.40. The number of nitrogens with one attached hydrogen (secondary N) is 1. The van der Waals surface area contributed by atoms with Gasteiger partial charge in [0.15, 0.2) is 0 Å². The molecule has 3 aromatic rings. The van der Waals surface area contributed by atoms with E-state index >= 15 is 0 Å². The first kappa shape index (κ1) is 19.0. The van der Waals surface area contributed by atoms with Gasteiger partial charge in [-0.05, 0) is 55.7 Å². The van der Waals surface area contributed by atoms with Crippen LogP contribution >= 0.6 is 0 Å². The van der Waals surface area contributed by atoms with E-state index in [2.05, 4.69) is 15.5 Å². The largest absolute Gasteiger partial charge is 0.497 e. The third-order valence-electron chi connectivity index (χ3n) is 5.30. The second-order valence-corrected chi connectivity index (χ2v) is 7.19. The summed E-state index contributed by atoms with van der Waals surface area (Å²) in [5, 5.41) is 7.14. The first-order chi connectivity index (χ1) is 14.1. The van der Waals surface area contributed by atoms with Crippen molar-refractivity contribution >= 4 is 17.6 Å². The van der Waals surface area contributed by atoms with E-state index in [1.807, 2.05) is 60.4 Å². The summed E-state index contributed by atoms with van der Waals surface area (Å²) in [7, 11) is 1.63. The van der Waals surface area contributed by atoms with Crippen molar-refractivity contribution in [3.8, 4) is 17.1 Å². The number of hydrogen-bond acceptors (Lipinski definition) is 6. The van der Waals surface area contributed by atoms with Crippen LogP contribution in [-0.4, -0.2) is 36.2 Å². The van der Waals surface area contributed by atoms with E-state index in [4.69, 9.17) is 9.26 Å². The van der Waals surface area contributed by atoms with E-state index in [0.717, 1.165) is 35.4 Å². The van der Waals surface area contributed by atoms with Crippen molar-refractivity contribution in [3.63, 3.8) is 0 Å². The Bertz CT molecular complexity index is 976. The molecule has 1 saturated heterocycles. The molecule has 1 aromatic heterocycles. The quantitative estimate of drug-likeness (QED) is 0.709. The molecule has 0 bridgehead atoms. The van der Waals surface area contributed by atoms with Gasteiger partial charge in [0.2, 0.25) is 11.7 Å². The summed E-state index contributed by atoms with van der Waals surface area (Å²) in [6.07, 6.45) is 1.50. The highest BCUT2D eigenvalue weighted by atomic mass is 16.5. The summed E-state index contributed by atoms with van der Waals surface area (Å²) < 4.78 is 10.6. The summed E-state index contributed by atoms with van der Waals surface area (Å²) >= 11 is 0. The number of nitrogens with zero attached hydrogens (tertiary/aromatic N) is 3. The number of amides is 1. The fraction of sp³-hybridized carbons (Fsp3) is 0.318. The molecule has 0 unspecified atom stereocenters. The van der Waals surface area contributed by atoms with Gasteiger partial charge in [0.05, 0.1) is 7.11 Å². The number of methoxy groups -OCH3 is 1. The molecule has 0 radical (unpaired) electrons. The number of para-hydroxylation sites is 1. The molecule has 1 N–H and O–H groups in total. The van der Waals surface area contributed by atoms with Crippen molar-refractivity contribution in [3.05, 3.63) is 54.1 Å². The van der Waals surface area contributed by atoms with Crippen LogP contribution < -0.4 is 15.0 Å². The minimum atomic E-state index is -0.0187. The van der Waals surface area contributed by atoms with Crippen LogP contribution in [-0.2, 0) is 4.79 Å². The van der Waals surface area contributed by atoms with E-state index in [0.29, 0.717) is 24.9 Å². The molecule has 0 spiro atoms. The van der Waals surface area contributed by atoms with Crippen LogP contribution in [0.5, 0.6) is 5.75 Å². The zero-order valence-electron chi connectivity index (χ0n) is 16.6. The van der Waals surface area contributed by atoms with Gasteiger partial charge in [-0.1, -0.05) is 23.4 Å². The number of aromatic nitrogens is 2. The molecule has 0 atom stereocenters. The molecule has 150 valence electrons. The molecule has 29 heavy (non-hydrogen) atoms. The number of ether oxygens (including phenoxy) is 1. The number of piperidine rings is 1. The number of hydrogen-bond donors (Lipinski definition) is 1. The van der Waals surface area contributed by atoms with Crippen molar-refractivity contribution in [2.45, 2.75) is 19.8 Å². The minimum absolute atomic E-state index is 0.0187. The Hall–Kier alpha value is -3.35. The molecule has 0 saturated carbocycles. The van der Waals surface area contributed by atoms with Gasteiger partial charge in [0.1, 0.15) is 5.75 Å². The average Bonchev–Trinajstić information content (AvgIpc) is 3.26. The van der Waals surface area contributed by atoms with Crippen LogP contribution in [0.2, 0.25) is 0 Å². The Morgan fingerprint density at radius 2 is 1.86 bits per heavy atom. The number of carbonyl (C=O) groups excluding carboxylic acids is 1. The van der Waals surface area contributed by atoms with Crippen LogP contribution in [0.25, 0.3) is 11.4 Å². The maximum Gasteiger partial charge on any atom is 0.324 e. The highest BCUT2D eigenvalue weighted by molar-refractivity contribution is 5.93. The number of aryl methyl sites for hydroxylation is 1. The summed E-state index contributed by atoms with van der Waals surface area (Å²) in [6, 6.07) is 15.8. The number of carbonyl (C=O) groups is 1. The van der Waals surface area contributed by atoms with E-state index in [1.54, 1.807) is 7.11 Å². The maximum atomic E-state index is 12.6. The van der Waals surface area contributed by atoms with Crippen molar-refractivity contribution in [1.82, 2.24) is 10.1 Å². The molecule has 2 heterocycles. The number of rotatable bonds is 5. The van der Waals surface area contributed by atoms with Crippen molar-refractivity contribution in [1.29, 1.82) is 0 Å². The molecule has 1 amide bonds. The molecule has 1 fully saturated rings. The molecular weight excluding hydrogens is 368 g/mol. The molecule has 7 heteroatoms. The smallest absolute Gasteiger partial charge is 0.324 e. The molecule has 1 aliphatic heterocycles. The highest BCUT2D eigenvalue weighted by Gasteiger charge is 2.27. The van der Waals surface area contributed by atoms with E-state index < -0.39 is 0 Å². The standard InChI is InChI=1S/C22H24N4O3/c1-15-5-3-4-6-19(15)23-21(27)17-11-13-26(14-12-17)22-24-20(25-29-22)16-7-9-18(28-2)10-8-16/h3-10,17H,11-14H2,1-2H3,(H,23,27). The topological polar surface area (TPSA) is 80.5 Å². The van der Waals surface area contributed by atoms with Gasteiger partial charge in [-0.3, -0.25) is 4.79 Å². The maximum absolute atomic E-state index is 12.6. The highest BCUT2D eigenvalue weighted by Crippen LogP contribution is 2.26. The molecule has 1 aliphatic rings. The molecule has 2 aromatic carbocycles. The van der Waals surface area contributed by atoms with Crippen LogP contribution in [0.3, 0.4) is 0 Å². The van der Waals surface area contributed by atoms with E-state index in [1.165, 1.54) is 0 Å². The summed E-state index contributed by atoms with van der Waals surface area (Å²) in [5.74, 6) is 1.38. The molecule has 4 rings (SSSR count). The van der Waals surface area contributed by atoms with Gasteiger partial charge in [-0.25, -0.2) is 0 Å². The Labute approximate surface area is 169 Å². The summed E-state index contributed by atoms with van der Waals surface area (Å²) in [5.41, 5.74) is 2.81. The second kappa shape index (κ2) is 8.34. The average molecular weight is 392 g/mol. The Kier molecular flexibility index (Phi) is 5.46. The predicted octanol–water partition coefficient (Wildman–Crippen LogP) is 3.91. The van der Waals surface area contributed by atoms with Crippen molar-refractivity contribution < 1.29 is 14.1 Å². The lowest BCUT2D eigenvalue weighted by Gasteiger charge is -2.29. The lowest BCUT2D eigenvalue weighted by molar-refractivity contribution is -0.120. The third kappa shape index (κ3) is 4.23. The van der Waals surface area contributed by atoms with Crippen LogP contribution in [0.15, 0.2) is 53.1 Å². The minimum Gasteiger partial charge on any atom is -0.497 e. The second-order valence-electron chi connectivity index (χ2n) is 7.19. The fourth-order valence-corrected chi connectivity index (χ4v) is 3.48. The third-order valence-corrected chi connectivity index (χ3v) is 5.30. The molecular formula is C22H24N4O3. The van der Waals surface area contributed by atoms with Gasteiger partial charge in [0.25, 0.3) is 0 Å². The van der Waals surface area contributed by atoms with Crippen LogP contribution in [0.1, 0.15) is 18.4 Å². The fourth-order valence-electron chi connectivity index (χ4n) is 3.48. The monoisotopic (exact) mass is 392 g/mol. The first-order valence-corrected chi connectivity index (χ1v) is 9.73. The Morgan fingerprint density at radius 1 is 1.14 bits per heavy atom. The number of benzene rings is 2. The molecule has 0 aliphatic carbocycles. The SMILES string of the molecule is COc1ccc(-c2noc(N3CCC(C(=O)Nc4ccccc4C)CC3)n2)cc1.